The van der Waals surface area contributed by atoms with Gasteiger partial charge in [-0.2, -0.15) is 0 Å². The first kappa shape index (κ1) is 36.7. The van der Waals surface area contributed by atoms with Crippen molar-refractivity contribution in [1.82, 2.24) is 24.9 Å². The zero-order valence-electron chi connectivity index (χ0n) is 33.6. The minimum absolute atomic E-state index is 0.636. The van der Waals surface area contributed by atoms with Gasteiger partial charge in [-0.25, -0.2) is 24.9 Å². The van der Waals surface area contributed by atoms with Crippen LogP contribution >= 0.6 is 0 Å². The molecule has 0 aliphatic rings. The van der Waals surface area contributed by atoms with E-state index < -0.39 is 0 Å². The van der Waals surface area contributed by atoms with Gasteiger partial charge in [-0.1, -0.05) is 194 Å². The lowest BCUT2D eigenvalue weighted by atomic mass is 9.96. The zero-order chi connectivity index (χ0) is 41.2. The van der Waals surface area contributed by atoms with E-state index in [1.807, 2.05) is 78.9 Å². The van der Waals surface area contributed by atoms with Gasteiger partial charge < -0.3 is 0 Å². The van der Waals surface area contributed by atoms with E-state index >= 15 is 0 Å². The number of hydrogen-bond donors (Lipinski definition) is 0. The normalized spacial score (nSPS) is 11.2. The predicted octanol–water partition coefficient (Wildman–Crippen LogP) is 14.3. The Hall–Kier alpha value is -8.41. The minimum Gasteiger partial charge on any atom is -0.228 e. The van der Waals surface area contributed by atoms with Crippen molar-refractivity contribution in [2.75, 3.05) is 0 Å². The van der Waals surface area contributed by atoms with Crippen LogP contribution in [-0.2, 0) is 0 Å². The third kappa shape index (κ3) is 7.40. The maximum absolute atomic E-state index is 5.18. The lowest BCUT2D eigenvalue weighted by molar-refractivity contribution is 1.07. The molecule has 0 unspecified atom stereocenters. The Morgan fingerprint density at radius 3 is 1.16 bits per heavy atom. The van der Waals surface area contributed by atoms with E-state index in [4.69, 9.17) is 24.9 Å². The Kier molecular flexibility index (Phi) is 9.45. The molecule has 2 heterocycles. The van der Waals surface area contributed by atoms with Crippen LogP contribution < -0.4 is 0 Å². The van der Waals surface area contributed by atoms with Crippen molar-refractivity contribution in [2.24, 2.45) is 0 Å². The summed E-state index contributed by atoms with van der Waals surface area (Å²) in [6.07, 6.45) is 0. The number of benzene rings is 9. The second kappa shape index (κ2) is 16.0. The van der Waals surface area contributed by atoms with E-state index in [2.05, 4.69) is 146 Å². The third-order valence-corrected chi connectivity index (χ3v) is 11.3. The summed E-state index contributed by atoms with van der Waals surface area (Å²) < 4.78 is 0. The van der Waals surface area contributed by atoms with Crippen LogP contribution in [0.15, 0.2) is 224 Å². The summed E-state index contributed by atoms with van der Waals surface area (Å²) in [5, 5.41) is 4.72. The van der Waals surface area contributed by atoms with Gasteiger partial charge >= 0.3 is 0 Å². The number of nitrogens with zero attached hydrogens (tertiary/aromatic N) is 5. The van der Waals surface area contributed by atoms with Crippen molar-refractivity contribution < 1.29 is 0 Å². The van der Waals surface area contributed by atoms with Crippen molar-refractivity contribution in [3.05, 3.63) is 224 Å². The second-order valence-corrected chi connectivity index (χ2v) is 15.4. The fourth-order valence-electron chi connectivity index (χ4n) is 8.02. The molecule has 0 radical (unpaired) electrons. The van der Waals surface area contributed by atoms with Crippen LogP contribution in [0.4, 0.5) is 0 Å². The molecule has 0 atom stereocenters. The van der Waals surface area contributed by atoms with Crippen molar-refractivity contribution >= 4 is 21.5 Å². The van der Waals surface area contributed by atoms with Gasteiger partial charge in [0.15, 0.2) is 23.3 Å². The van der Waals surface area contributed by atoms with Gasteiger partial charge in [0.05, 0.1) is 11.4 Å². The molecular formula is C57H37N5. The molecule has 0 aliphatic heterocycles. The molecule has 0 N–H and O–H groups in total. The first-order valence-electron chi connectivity index (χ1n) is 20.7. The molecule has 0 amide bonds. The smallest absolute Gasteiger partial charge is 0.164 e. The Morgan fingerprint density at radius 2 is 0.548 bits per heavy atom. The average Bonchev–Trinajstić information content (AvgIpc) is 3.36. The van der Waals surface area contributed by atoms with Crippen LogP contribution in [0.2, 0.25) is 0 Å². The minimum atomic E-state index is 0.636. The number of fused-ring (bicyclic) bond motifs is 2. The van der Waals surface area contributed by atoms with Gasteiger partial charge in [0.25, 0.3) is 0 Å². The van der Waals surface area contributed by atoms with Gasteiger partial charge in [-0.15, -0.1) is 0 Å². The predicted molar refractivity (Wildman–Crippen MR) is 254 cm³/mol. The van der Waals surface area contributed by atoms with Crippen LogP contribution in [0.3, 0.4) is 0 Å². The average molecular weight is 792 g/mol. The summed E-state index contributed by atoms with van der Waals surface area (Å²) in [6, 6.07) is 77.9. The van der Waals surface area contributed by atoms with Crippen LogP contribution in [-0.4, -0.2) is 24.9 Å². The molecule has 62 heavy (non-hydrogen) atoms. The lowest BCUT2D eigenvalue weighted by Crippen LogP contribution is -2.00. The van der Waals surface area contributed by atoms with Gasteiger partial charge in [0, 0.05) is 33.4 Å². The van der Waals surface area contributed by atoms with E-state index in [0.29, 0.717) is 23.3 Å². The van der Waals surface area contributed by atoms with E-state index in [1.165, 1.54) is 16.2 Å². The highest BCUT2D eigenvalue weighted by molar-refractivity contribution is 5.92. The summed E-state index contributed by atoms with van der Waals surface area (Å²) in [6.45, 7) is 0. The van der Waals surface area contributed by atoms with Crippen LogP contribution in [0.1, 0.15) is 0 Å². The molecule has 11 rings (SSSR count). The van der Waals surface area contributed by atoms with Gasteiger partial charge in [-0.05, 0) is 74.1 Å². The Morgan fingerprint density at radius 1 is 0.177 bits per heavy atom. The largest absolute Gasteiger partial charge is 0.228 e. The molecule has 0 spiro atoms. The summed E-state index contributed by atoms with van der Waals surface area (Å²) >= 11 is 0. The monoisotopic (exact) mass is 791 g/mol. The molecule has 0 fully saturated rings. The Balaban J connectivity index is 0.919. The Labute approximate surface area is 359 Å². The third-order valence-electron chi connectivity index (χ3n) is 11.3. The molecule has 0 saturated carbocycles. The fraction of sp³-hybridized carbons (Fsp3) is 0. The first-order valence-corrected chi connectivity index (χ1v) is 20.7. The summed E-state index contributed by atoms with van der Waals surface area (Å²) in [5.74, 6) is 2.62. The van der Waals surface area contributed by atoms with Crippen LogP contribution in [0.5, 0.6) is 0 Å². The van der Waals surface area contributed by atoms with E-state index in [9.17, 15) is 0 Å². The summed E-state index contributed by atoms with van der Waals surface area (Å²) in [4.78, 5) is 25.0. The topological polar surface area (TPSA) is 64.5 Å². The standard InChI is InChI=1S/C57H37N5/c1-4-14-41(15-5-1)52-37-53(49-32-27-38-13-10-11-20-45(38)33-49)59-57(58-52)50-22-12-21-46(34-50)48-31-26-40-25-30-47(35-51(40)36-48)39-23-28-44(29-24-39)56-61-54(42-16-6-2-7-17-42)60-55(62-56)43-18-8-3-9-19-43/h1-37H. The SMILES string of the molecule is c1ccc(-c2cc(-c3ccc4ccccc4c3)nc(-c3cccc(-c4ccc5ccc(-c6ccc(-c7nc(-c8ccccc8)nc(-c8ccccc8)n7)cc6)cc5c4)c3)n2)cc1. The van der Waals surface area contributed by atoms with E-state index in [-0.39, 0.29) is 0 Å². The molecule has 0 saturated heterocycles. The maximum Gasteiger partial charge on any atom is 0.164 e. The molecule has 290 valence electrons. The highest BCUT2D eigenvalue weighted by Gasteiger charge is 2.15. The first-order chi connectivity index (χ1) is 30.7. The van der Waals surface area contributed by atoms with Gasteiger partial charge in [-0.3, -0.25) is 0 Å². The zero-order valence-corrected chi connectivity index (χ0v) is 33.6. The van der Waals surface area contributed by atoms with Crippen molar-refractivity contribution in [1.29, 1.82) is 0 Å². The number of hydrogen-bond acceptors (Lipinski definition) is 5. The van der Waals surface area contributed by atoms with Gasteiger partial charge in [0.1, 0.15) is 0 Å². The number of aromatic nitrogens is 5. The van der Waals surface area contributed by atoms with Crippen molar-refractivity contribution in [3.63, 3.8) is 0 Å². The molecule has 11 aromatic rings. The lowest BCUT2D eigenvalue weighted by Gasteiger charge is -2.12. The van der Waals surface area contributed by atoms with Crippen LogP contribution in [0.25, 0.3) is 112 Å². The highest BCUT2D eigenvalue weighted by atomic mass is 15.0. The van der Waals surface area contributed by atoms with Crippen molar-refractivity contribution in [2.45, 2.75) is 0 Å². The fourth-order valence-corrected chi connectivity index (χ4v) is 8.02. The summed E-state index contributed by atoms with van der Waals surface area (Å²) in [5.41, 5.74) is 12.1. The molecule has 5 nitrogen and oxygen atoms in total. The van der Waals surface area contributed by atoms with Crippen LogP contribution in [0, 0.1) is 0 Å². The Bertz CT molecular complexity index is 3330. The molecular weight excluding hydrogens is 755 g/mol. The molecule has 0 bridgehead atoms. The van der Waals surface area contributed by atoms with E-state index in [1.54, 1.807) is 0 Å². The van der Waals surface area contributed by atoms with Gasteiger partial charge in [0.2, 0.25) is 0 Å². The quantitative estimate of drug-likeness (QED) is 0.153. The molecule has 0 aliphatic carbocycles. The molecule has 9 aromatic carbocycles. The molecule has 2 aromatic heterocycles. The van der Waals surface area contributed by atoms with Crippen molar-refractivity contribution in [3.8, 4) is 90.3 Å². The second-order valence-electron chi connectivity index (χ2n) is 15.4. The summed E-state index contributed by atoms with van der Waals surface area (Å²) in [7, 11) is 0. The number of rotatable bonds is 8. The highest BCUT2D eigenvalue weighted by Crippen LogP contribution is 2.34. The maximum atomic E-state index is 5.18. The van der Waals surface area contributed by atoms with E-state index in [0.717, 1.165) is 72.4 Å². The molecule has 5 heteroatoms.